The number of halogens is 4. The lowest BCUT2D eigenvalue weighted by atomic mass is 10.1. The van der Waals surface area contributed by atoms with Gasteiger partial charge in [-0.2, -0.15) is 13.2 Å². The third-order valence-corrected chi connectivity index (χ3v) is 3.00. The van der Waals surface area contributed by atoms with Gasteiger partial charge in [-0.15, -0.1) is 0 Å². The first-order chi connectivity index (χ1) is 9.84. The number of alkyl halides is 3. The fourth-order valence-electron chi connectivity index (χ4n) is 1.82. The first kappa shape index (κ1) is 15.6. The Morgan fingerprint density at radius 1 is 1.14 bits per heavy atom. The zero-order valence-corrected chi connectivity index (χ0v) is 12.0. The van der Waals surface area contributed by atoms with Crippen molar-refractivity contribution in [3.05, 3.63) is 52.4 Å². The molecule has 21 heavy (non-hydrogen) atoms. The van der Waals surface area contributed by atoms with E-state index in [-0.39, 0.29) is 0 Å². The average Bonchev–Trinajstić information content (AvgIpc) is 2.37. The van der Waals surface area contributed by atoms with Gasteiger partial charge in [-0.25, -0.2) is 9.97 Å². The lowest BCUT2D eigenvalue weighted by molar-refractivity contribution is -0.137. The molecule has 0 atom stereocenters. The van der Waals surface area contributed by atoms with E-state index in [0.717, 1.165) is 17.7 Å². The predicted octanol–water partition coefficient (Wildman–Crippen LogP) is 4.11. The maximum absolute atomic E-state index is 12.4. The van der Waals surface area contributed by atoms with Crippen molar-refractivity contribution < 1.29 is 13.2 Å². The summed E-state index contributed by atoms with van der Waals surface area (Å²) in [6.45, 7) is 2.27. The number of nitrogens with one attached hydrogen (secondary N) is 1. The molecule has 0 aliphatic carbocycles. The van der Waals surface area contributed by atoms with Crippen LogP contribution in [-0.4, -0.2) is 16.5 Å². The Morgan fingerprint density at radius 3 is 2.38 bits per heavy atom. The van der Waals surface area contributed by atoms with Gasteiger partial charge in [0.2, 0.25) is 0 Å². The molecule has 1 N–H and O–H groups in total. The van der Waals surface area contributed by atoms with Gasteiger partial charge in [0.05, 0.1) is 5.56 Å². The quantitative estimate of drug-likeness (QED) is 0.863. The smallest absolute Gasteiger partial charge is 0.370 e. The summed E-state index contributed by atoms with van der Waals surface area (Å²) in [6, 6.07) is 6.72. The van der Waals surface area contributed by atoms with Crippen molar-refractivity contribution in [3.8, 4) is 0 Å². The van der Waals surface area contributed by atoms with Crippen molar-refractivity contribution in [2.75, 3.05) is 11.9 Å². The van der Waals surface area contributed by atoms with E-state index in [9.17, 15) is 13.2 Å². The van der Waals surface area contributed by atoms with E-state index < -0.39 is 11.7 Å². The van der Waals surface area contributed by atoms with Crippen LogP contribution in [-0.2, 0) is 12.6 Å². The second-order valence-electron chi connectivity index (χ2n) is 4.49. The number of aryl methyl sites for hydroxylation is 1. The Bertz CT molecular complexity index is 592. The maximum atomic E-state index is 12.4. The number of aromatic nitrogens is 2. The van der Waals surface area contributed by atoms with Gasteiger partial charge in [0.15, 0.2) is 0 Å². The molecule has 0 radical (unpaired) electrons. The SMILES string of the molecule is Cc1nc(Cl)cc(NCCc2ccc(C(F)(F)F)cc2)n1. The minimum Gasteiger partial charge on any atom is -0.370 e. The van der Waals surface area contributed by atoms with Crippen LogP contribution >= 0.6 is 11.6 Å². The van der Waals surface area contributed by atoms with Crippen molar-refractivity contribution in [2.45, 2.75) is 19.5 Å². The molecular formula is C14H13ClF3N3. The highest BCUT2D eigenvalue weighted by molar-refractivity contribution is 6.29. The monoisotopic (exact) mass is 315 g/mol. The standard InChI is InChI=1S/C14H13ClF3N3/c1-9-20-12(15)8-13(21-9)19-7-6-10-2-4-11(5-3-10)14(16,17)18/h2-5,8H,6-7H2,1H3,(H,19,20,21). The Kier molecular flexibility index (Phi) is 4.67. The van der Waals surface area contributed by atoms with Gasteiger partial charge in [0.1, 0.15) is 16.8 Å². The summed E-state index contributed by atoms with van der Waals surface area (Å²) in [6.07, 6.45) is -3.72. The number of anilines is 1. The second-order valence-corrected chi connectivity index (χ2v) is 4.88. The number of benzene rings is 1. The molecule has 0 aliphatic rings. The van der Waals surface area contributed by atoms with Crippen LogP contribution in [0.3, 0.4) is 0 Å². The second kappa shape index (κ2) is 6.30. The summed E-state index contributed by atoms with van der Waals surface area (Å²) in [5, 5.41) is 3.41. The van der Waals surface area contributed by atoms with Crippen LogP contribution in [0.5, 0.6) is 0 Å². The largest absolute Gasteiger partial charge is 0.416 e. The van der Waals surface area contributed by atoms with Crippen LogP contribution < -0.4 is 5.32 Å². The van der Waals surface area contributed by atoms with Crippen LogP contribution in [0, 0.1) is 6.92 Å². The van der Waals surface area contributed by atoms with Crippen molar-refractivity contribution in [2.24, 2.45) is 0 Å². The van der Waals surface area contributed by atoms with E-state index in [1.807, 2.05) is 0 Å². The normalized spacial score (nSPS) is 11.5. The Morgan fingerprint density at radius 2 is 1.81 bits per heavy atom. The van der Waals surface area contributed by atoms with Crippen LogP contribution in [0.2, 0.25) is 5.15 Å². The van der Waals surface area contributed by atoms with Crippen LogP contribution in [0.25, 0.3) is 0 Å². The van der Waals surface area contributed by atoms with Gasteiger partial charge in [0.25, 0.3) is 0 Å². The fraction of sp³-hybridized carbons (Fsp3) is 0.286. The first-order valence-electron chi connectivity index (χ1n) is 6.26. The number of nitrogens with zero attached hydrogens (tertiary/aromatic N) is 2. The van der Waals surface area contributed by atoms with E-state index in [4.69, 9.17) is 11.6 Å². The van der Waals surface area contributed by atoms with E-state index >= 15 is 0 Å². The molecule has 1 aromatic heterocycles. The average molecular weight is 316 g/mol. The van der Waals surface area contributed by atoms with Crippen LogP contribution in [0.1, 0.15) is 17.0 Å². The minimum atomic E-state index is -4.30. The van der Waals surface area contributed by atoms with Gasteiger partial charge >= 0.3 is 6.18 Å². The molecule has 0 spiro atoms. The summed E-state index contributed by atoms with van der Waals surface area (Å²) in [7, 11) is 0. The van der Waals surface area contributed by atoms with Crippen molar-refractivity contribution in [3.63, 3.8) is 0 Å². The zero-order chi connectivity index (χ0) is 15.5. The predicted molar refractivity (Wildman–Crippen MR) is 75.4 cm³/mol. The summed E-state index contributed by atoms with van der Waals surface area (Å²) < 4.78 is 37.3. The molecule has 0 aliphatic heterocycles. The Balaban J connectivity index is 1.91. The summed E-state index contributed by atoms with van der Waals surface area (Å²) in [4.78, 5) is 8.10. The molecule has 0 saturated carbocycles. The molecule has 0 amide bonds. The molecular weight excluding hydrogens is 303 g/mol. The summed E-state index contributed by atoms with van der Waals surface area (Å²) in [5.74, 6) is 1.15. The van der Waals surface area contributed by atoms with Crippen molar-refractivity contribution >= 4 is 17.4 Å². The topological polar surface area (TPSA) is 37.8 Å². The van der Waals surface area contributed by atoms with Gasteiger partial charge in [-0.1, -0.05) is 23.7 Å². The molecule has 112 valence electrons. The third kappa shape index (κ3) is 4.60. The molecule has 2 rings (SSSR count). The molecule has 3 nitrogen and oxygen atoms in total. The minimum absolute atomic E-state index is 0.347. The van der Waals surface area contributed by atoms with Crippen molar-refractivity contribution in [1.29, 1.82) is 0 Å². The Labute approximate surface area is 125 Å². The lowest BCUT2D eigenvalue weighted by Gasteiger charge is -2.09. The lowest BCUT2D eigenvalue weighted by Crippen LogP contribution is -2.08. The van der Waals surface area contributed by atoms with Gasteiger partial charge in [0, 0.05) is 12.6 Å². The van der Waals surface area contributed by atoms with Crippen LogP contribution in [0.4, 0.5) is 19.0 Å². The molecule has 7 heteroatoms. The molecule has 0 fully saturated rings. The van der Waals surface area contributed by atoms with Crippen LogP contribution in [0.15, 0.2) is 30.3 Å². The van der Waals surface area contributed by atoms with E-state index in [1.165, 1.54) is 12.1 Å². The highest BCUT2D eigenvalue weighted by Gasteiger charge is 2.29. The van der Waals surface area contributed by atoms with E-state index in [0.29, 0.717) is 29.8 Å². The van der Waals surface area contributed by atoms with Crippen molar-refractivity contribution in [1.82, 2.24) is 9.97 Å². The number of rotatable bonds is 4. The molecule has 2 aromatic rings. The Hall–Kier alpha value is -1.82. The van der Waals surface area contributed by atoms with Gasteiger partial charge in [-0.3, -0.25) is 0 Å². The number of hydrogen-bond donors (Lipinski definition) is 1. The van der Waals surface area contributed by atoms with E-state index in [1.54, 1.807) is 13.0 Å². The third-order valence-electron chi connectivity index (χ3n) is 2.81. The first-order valence-corrected chi connectivity index (χ1v) is 6.63. The summed E-state index contributed by atoms with van der Waals surface area (Å²) in [5.41, 5.74) is 0.171. The molecule has 1 heterocycles. The van der Waals surface area contributed by atoms with Gasteiger partial charge < -0.3 is 5.32 Å². The zero-order valence-electron chi connectivity index (χ0n) is 11.2. The molecule has 1 aromatic carbocycles. The van der Waals surface area contributed by atoms with E-state index in [2.05, 4.69) is 15.3 Å². The number of hydrogen-bond acceptors (Lipinski definition) is 3. The highest BCUT2D eigenvalue weighted by Crippen LogP contribution is 2.29. The molecule has 0 bridgehead atoms. The summed E-state index contributed by atoms with van der Waals surface area (Å²) >= 11 is 5.81. The van der Waals surface area contributed by atoms with Gasteiger partial charge in [-0.05, 0) is 31.0 Å². The fourth-order valence-corrected chi connectivity index (χ4v) is 2.04. The highest BCUT2D eigenvalue weighted by atomic mass is 35.5. The molecule has 0 unspecified atom stereocenters. The molecule has 0 saturated heterocycles. The maximum Gasteiger partial charge on any atom is 0.416 e.